The summed E-state index contributed by atoms with van der Waals surface area (Å²) in [5, 5.41) is 4.72. The normalized spacial score (nSPS) is 10.9. The predicted octanol–water partition coefficient (Wildman–Crippen LogP) is 0.229. The average molecular weight is 312 g/mol. The first-order chi connectivity index (χ1) is 9.79. The van der Waals surface area contributed by atoms with Crippen molar-refractivity contribution >= 4 is 34.1 Å². The Morgan fingerprint density at radius 3 is 2.48 bits per heavy atom. The second-order valence-electron chi connectivity index (χ2n) is 5.11. The van der Waals surface area contributed by atoms with Crippen LogP contribution in [-0.2, 0) is 9.59 Å². The highest BCUT2D eigenvalue weighted by atomic mass is 32.1. The molecule has 3 amide bonds. The van der Waals surface area contributed by atoms with Crippen molar-refractivity contribution in [2.24, 2.45) is 17.4 Å². The molecule has 116 valence electrons. The summed E-state index contributed by atoms with van der Waals surface area (Å²) in [6.45, 7) is 4.58. The molecule has 0 radical (unpaired) electrons. The fraction of sp³-hybridized carbons (Fsp3) is 0.462. The van der Waals surface area contributed by atoms with Crippen LogP contribution in [0, 0.1) is 5.92 Å². The summed E-state index contributed by atoms with van der Waals surface area (Å²) < 4.78 is 0. The lowest BCUT2D eigenvalue weighted by atomic mass is 10.2. The van der Waals surface area contributed by atoms with Crippen LogP contribution < -0.4 is 16.8 Å². The number of nitrogens with zero attached hydrogens (tertiary/aromatic N) is 1. The quantitative estimate of drug-likeness (QED) is 0.636. The summed E-state index contributed by atoms with van der Waals surface area (Å²) in [7, 11) is 0. The van der Waals surface area contributed by atoms with Crippen LogP contribution in [0.3, 0.4) is 0 Å². The number of thiophene rings is 1. The molecule has 1 aromatic heterocycles. The molecule has 7 nitrogen and oxygen atoms in total. The number of rotatable bonds is 8. The van der Waals surface area contributed by atoms with Gasteiger partial charge >= 0.3 is 0 Å². The van der Waals surface area contributed by atoms with Gasteiger partial charge in [0.25, 0.3) is 5.91 Å². The van der Waals surface area contributed by atoms with Crippen molar-refractivity contribution in [2.75, 3.05) is 25.0 Å². The number of nitrogens with one attached hydrogen (secondary N) is 1. The van der Waals surface area contributed by atoms with E-state index < -0.39 is 11.8 Å². The first-order valence-electron chi connectivity index (χ1n) is 6.47. The van der Waals surface area contributed by atoms with Gasteiger partial charge in [-0.25, -0.2) is 0 Å². The molecular weight excluding hydrogens is 292 g/mol. The van der Waals surface area contributed by atoms with Gasteiger partial charge < -0.3 is 16.8 Å². The molecular formula is C13H20N4O3S. The number of nitrogens with two attached hydrogens (primary N) is 2. The predicted molar refractivity (Wildman–Crippen MR) is 81.9 cm³/mol. The maximum Gasteiger partial charge on any atom is 0.251 e. The zero-order chi connectivity index (χ0) is 16.0. The summed E-state index contributed by atoms with van der Waals surface area (Å²) in [6.07, 6.45) is 0. The number of carbonyl (C=O) groups is 3. The van der Waals surface area contributed by atoms with Crippen molar-refractivity contribution in [2.45, 2.75) is 13.8 Å². The number of anilines is 1. The molecule has 1 aromatic rings. The minimum Gasteiger partial charge on any atom is -0.369 e. The van der Waals surface area contributed by atoms with Crippen molar-refractivity contribution in [3.63, 3.8) is 0 Å². The van der Waals surface area contributed by atoms with Crippen molar-refractivity contribution < 1.29 is 14.4 Å². The number of hydrogen-bond acceptors (Lipinski definition) is 5. The molecule has 21 heavy (non-hydrogen) atoms. The van der Waals surface area contributed by atoms with Gasteiger partial charge in [0, 0.05) is 6.54 Å². The zero-order valence-corrected chi connectivity index (χ0v) is 12.9. The Kier molecular flexibility index (Phi) is 6.32. The van der Waals surface area contributed by atoms with Crippen LogP contribution in [0.1, 0.15) is 24.2 Å². The van der Waals surface area contributed by atoms with Crippen LogP contribution in [0.2, 0.25) is 0 Å². The minimum absolute atomic E-state index is 0.0126. The third kappa shape index (κ3) is 5.92. The van der Waals surface area contributed by atoms with Crippen LogP contribution in [0.25, 0.3) is 0 Å². The molecule has 0 aromatic carbocycles. The monoisotopic (exact) mass is 312 g/mol. The standard InChI is InChI=1S/C13H20N4O3S/c1-8(2)5-17(6-10(14)18)7-11(19)16-13-9(12(15)20)3-4-21-13/h3-4,8H,5-7H2,1-2H3,(H2,14,18)(H2,15,20)(H,16,19). The molecule has 0 atom stereocenters. The van der Waals surface area contributed by atoms with E-state index in [2.05, 4.69) is 5.32 Å². The van der Waals surface area contributed by atoms with E-state index in [0.29, 0.717) is 17.5 Å². The highest BCUT2D eigenvalue weighted by molar-refractivity contribution is 7.14. The first kappa shape index (κ1) is 17.1. The molecule has 0 aliphatic rings. The fourth-order valence-corrected chi connectivity index (χ4v) is 2.70. The summed E-state index contributed by atoms with van der Waals surface area (Å²) in [6, 6.07) is 1.55. The van der Waals surface area contributed by atoms with E-state index in [1.165, 1.54) is 11.3 Å². The van der Waals surface area contributed by atoms with E-state index in [9.17, 15) is 14.4 Å². The van der Waals surface area contributed by atoms with Gasteiger partial charge in [-0.15, -0.1) is 11.3 Å². The molecule has 5 N–H and O–H groups in total. The molecule has 1 rings (SSSR count). The van der Waals surface area contributed by atoms with Crippen molar-refractivity contribution in [3.8, 4) is 0 Å². The van der Waals surface area contributed by atoms with Crippen molar-refractivity contribution in [1.29, 1.82) is 0 Å². The van der Waals surface area contributed by atoms with E-state index in [-0.39, 0.29) is 24.6 Å². The molecule has 0 bridgehead atoms. The molecule has 0 fully saturated rings. The molecule has 0 spiro atoms. The Balaban J connectivity index is 2.66. The van der Waals surface area contributed by atoms with Crippen LogP contribution in [0.4, 0.5) is 5.00 Å². The topological polar surface area (TPSA) is 119 Å². The lowest BCUT2D eigenvalue weighted by Crippen LogP contribution is -2.41. The molecule has 0 unspecified atom stereocenters. The molecule has 1 heterocycles. The van der Waals surface area contributed by atoms with E-state index in [1.54, 1.807) is 16.3 Å². The largest absolute Gasteiger partial charge is 0.369 e. The van der Waals surface area contributed by atoms with Crippen LogP contribution >= 0.6 is 11.3 Å². The Morgan fingerprint density at radius 1 is 1.29 bits per heavy atom. The van der Waals surface area contributed by atoms with E-state index in [0.717, 1.165) is 0 Å². The zero-order valence-electron chi connectivity index (χ0n) is 12.1. The smallest absolute Gasteiger partial charge is 0.251 e. The molecule has 0 aliphatic heterocycles. The fourth-order valence-electron chi connectivity index (χ4n) is 1.89. The first-order valence-corrected chi connectivity index (χ1v) is 7.35. The molecule has 0 saturated heterocycles. The highest BCUT2D eigenvalue weighted by Gasteiger charge is 2.17. The Hall–Kier alpha value is -1.93. The van der Waals surface area contributed by atoms with Gasteiger partial charge in [0.05, 0.1) is 18.7 Å². The molecule has 0 aliphatic carbocycles. The SMILES string of the molecule is CC(C)CN(CC(N)=O)CC(=O)Nc1sccc1C(N)=O. The Bertz CT molecular complexity index is 527. The van der Waals surface area contributed by atoms with Crippen molar-refractivity contribution in [3.05, 3.63) is 17.0 Å². The van der Waals surface area contributed by atoms with Gasteiger partial charge in [0.15, 0.2) is 0 Å². The van der Waals surface area contributed by atoms with Crippen LogP contribution in [0.5, 0.6) is 0 Å². The number of carbonyl (C=O) groups excluding carboxylic acids is 3. The van der Waals surface area contributed by atoms with Gasteiger partial charge in [0.2, 0.25) is 11.8 Å². The van der Waals surface area contributed by atoms with E-state index in [1.807, 2.05) is 13.8 Å². The maximum absolute atomic E-state index is 12.0. The summed E-state index contributed by atoms with van der Waals surface area (Å²) in [5.74, 6) is -1.11. The summed E-state index contributed by atoms with van der Waals surface area (Å²) in [5.41, 5.74) is 10.7. The third-order valence-electron chi connectivity index (χ3n) is 2.55. The second kappa shape index (κ2) is 7.75. The Labute approximate surface area is 127 Å². The number of primary amides is 2. The number of hydrogen-bond donors (Lipinski definition) is 3. The molecule has 8 heteroatoms. The van der Waals surface area contributed by atoms with Crippen molar-refractivity contribution in [1.82, 2.24) is 4.90 Å². The molecule has 0 saturated carbocycles. The number of amides is 3. The van der Waals surface area contributed by atoms with Gasteiger partial charge in [-0.1, -0.05) is 13.8 Å². The maximum atomic E-state index is 12.0. The Morgan fingerprint density at radius 2 is 1.95 bits per heavy atom. The van der Waals surface area contributed by atoms with Gasteiger partial charge in [-0.3, -0.25) is 19.3 Å². The van der Waals surface area contributed by atoms with Gasteiger partial charge in [0.1, 0.15) is 5.00 Å². The second-order valence-corrected chi connectivity index (χ2v) is 6.02. The summed E-state index contributed by atoms with van der Waals surface area (Å²) in [4.78, 5) is 35.9. The van der Waals surface area contributed by atoms with Crippen LogP contribution in [-0.4, -0.2) is 42.3 Å². The van der Waals surface area contributed by atoms with Gasteiger partial charge in [-0.05, 0) is 17.4 Å². The van der Waals surface area contributed by atoms with Crippen LogP contribution in [0.15, 0.2) is 11.4 Å². The highest BCUT2D eigenvalue weighted by Crippen LogP contribution is 2.22. The summed E-state index contributed by atoms with van der Waals surface area (Å²) >= 11 is 1.22. The van der Waals surface area contributed by atoms with Gasteiger partial charge in [-0.2, -0.15) is 0 Å². The van der Waals surface area contributed by atoms with E-state index >= 15 is 0 Å². The lowest BCUT2D eigenvalue weighted by molar-refractivity contribution is -0.121. The third-order valence-corrected chi connectivity index (χ3v) is 3.38. The lowest BCUT2D eigenvalue weighted by Gasteiger charge is -2.21. The minimum atomic E-state index is -0.595. The van der Waals surface area contributed by atoms with E-state index in [4.69, 9.17) is 11.5 Å². The average Bonchev–Trinajstić information content (AvgIpc) is 2.74.